The summed E-state index contributed by atoms with van der Waals surface area (Å²) in [5.74, 6) is 1.06. The summed E-state index contributed by atoms with van der Waals surface area (Å²) in [5.41, 5.74) is 4.52. The van der Waals surface area contributed by atoms with Gasteiger partial charge in [-0.25, -0.2) is 0 Å². The highest BCUT2D eigenvalue weighted by Crippen LogP contribution is 2.46. The molecule has 0 aliphatic heterocycles. The first kappa shape index (κ1) is 13.9. The molecule has 2 aromatic rings. The molecule has 1 nitrogen and oxygen atoms in total. The maximum Gasteiger partial charge on any atom is 0.0907 e. The summed E-state index contributed by atoms with van der Waals surface area (Å²) in [7, 11) is 0. The minimum Gasteiger partial charge on any atom is -0.250 e. The molecule has 0 saturated carbocycles. The highest BCUT2D eigenvalue weighted by atomic mass is 35.5. The molecule has 1 aromatic heterocycles. The monoisotopic (exact) mass is 337 g/mol. The summed E-state index contributed by atoms with van der Waals surface area (Å²) in [5, 5.41) is 2.82. The molecule has 0 fully saturated rings. The number of pyridine rings is 1. The van der Waals surface area contributed by atoms with Gasteiger partial charge in [0.2, 0.25) is 0 Å². The number of benzene rings is 1. The summed E-state index contributed by atoms with van der Waals surface area (Å²) in [6.07, 6.45) is 5.68. The number of allylic oxidation sites excluding steroid dienone is 2. The number of aromatic nitrogens is 1. The maximum atomic E-state index is 6.67. The summed E-state index contributed by atoms with van der Waals surface area (Å²) in [4.78, 5) is 4.85. The van der Waals surface area contributed by atoms with E-state index in [1.165, 1.54) is 24.0 Å². The second kappa shape index (κ2) is 4.87. The molecule has 0 spiro atoms. The van der Waals surface area contributed by atoms with Gasteiger partial charge in [0, 0.05) is 16.3 Å². The smallest absolute Gasteiger partial charge is 0.0907 e. The van der Waals surface area contributed by atoms with Gasteiger partial charge in [-0.3, -0.25) is 4.98 Å². The van der Waals surface area contributed by atoms with Crippen molar-refractivity contribution in [1.82, 2.24) is 4.98 Å². The SMILES string of the molecule is CC1=CC2CC(C1)Cc1c2nc2c(Cl)cc(Cl)cc2c1Cl. The van der Waals surface area contributed by atoms with Crippen molar-refractivity contribution in [2.45, 2.75) is 32.1 Å². The summed E-state index contributed by atoms with van der Waals surface area (Å²) in [6.45, 7) is 2.21. The van der Waals surface area contributed by atoms with E-state index < -0.39 is 0 Å². The van der Waals surface area contributed by atoms with E-state index >= 15 is 0 Å². The minimum atomic E-state index is 0.376. The van der Waals surface area contributed by atoms with Gasteiger partial charge < -0.3 is 0 Å². The largest absolute Gasteiger partial charge is 0.250 e. The van der Waals surface area contributed by atoms with Gasteiger partial charge in [0.15, 0.2) is 0 Å². The number of nitrogens with zero attached hydrogens (tertiary/aromatic N) is 1. The first-order chi connectivity index (χ1) is 10.0. The lowest BCUT2D eigenvalue weighted by Crippen LogP contribution is -2.23. The van der Waals surface area contributed by atoms with Crippen LogP contribution in [0, 0.1) is 5.92 Å². The zero-order valence-electron chi connectivity index (χ0n) is 11.6. The van der Waals surface area contributed by atoms with Crippen molar-refractivity contribution in [1.29, 1.82) is 0 Å². The van der Waals surface area contributed by atoms with E-state index in [0.717, 1.165) is 28.0 Å². The fourth-order valence-electron chi connectivity index (χ4n) is 3.82. The summed E-state index contributed by atoms with van der Waals surface area (Å²) >= 11 is 19.1. The van der Waals surface area contributed by atoms with Crippen molar-refractivity contribution >= 4 is 45.7 Å². The first-order valence-corrected chi connectivity index (χ1v) is 8.30. The zero-order valence-corrected chi connectivity index (χ0v) is 13.9. The van der Waals surface area contributed by atoms with Crippen molar-refractivity contribution in [2.24, 2.45) is 5.92 Å². The Labute approximate surface area is 138 Å². The van der Waals surface area contributed by atoms with Gasteiger partial charge in [0.05, 0.1) is 21.3 Å². The van der Waals surface area contributed by atoms with Crippen LogP contribution in [0.3, 0.4) is 0 Å². The third-order valence-electron chi connectivity index (χ3n) is 4.60. The van der Waals surface area contributed by atoms with Crippen LogP contribution >= 0.6 is 34.8 Å². The van der Waals surface area contributed by atoms with E-state index in [-0.39, 0.29) is 0 Å². The second-order valence-electron chi connectivity index (χ2n) is 6.20. The molecule has 1 aromatic carbocycles. The molecule has 0 N–H and O–H groups in total. The Morgan fingerprint density at radius 1 is 1.14 bits per heavy atom. The van der Waals surface area contributed by atoms with Crippen LogP contribution < -0.4 is 0 Å². The van der Waals surface area contributed by atoms with E-state index in [4.69, 9.17) is 39.8 Å². The number of hydrogen-bond donors (Lipinski definition) is 0. The quantitative estimate of drug-likeness (QED) is 0.522. The second-order valence-corrected chi connectivity index (χ2v) is 7.42. The number of halogens is 3. The Morgan fingerprint density at radius 2 is 1.95 bits per heavy atom. The highest BCUT2D eigenvalue weighted by Gasteiger charge is 2.32. The Kier molecular flexibility index (Phi) is 3.22. The van der Waals surface area contributed by atoms with Crippen molar-refractivity contribution in [3.8, 4) is 0 Å². The molecule has 2 unspecified atom stereocenters. The van der Waals surface area contributed by atoms with Crippen LogP contribution in [0.1, 0.15) is 36.9 Å². The third-order valence-corrected chi connectivity index (χ3v) is 5.54. The molecule has 2 atom stereocenters. The molecule has 4 rings (SSSR count). The Bertz CT molecular complexity index is 794. The number of rotatable bonds is 0. The van der Waals surface area contributed by atoms with Crippen molar-refractivity contribution < 1.29 is 0 Å². The van der Waals surface area contributed by atoms with Gasteiger partial charge >= 0.3 is 0 Å². The standard InChI is InChI=1S/C17H14Cl3N/c1-8-2-9-4-10(3-8)16-12(5-9)15(20)13-6-11(18)7-14(19)17(13)21-16/h3,6-7,9-10H,2,4-5H2,1H3. The molecule has 2 aliphatic carbocycles. The highest BCUT2D eigenvalue weighted by molar-refractivity contribution is 6.41. The number of fused-ring (bicyclic) bond motifs is 5. The van der Waals surface area contributed by atoms with Crippen LogP contribution in [0.25, 0.3) is 10.9 Å². The molecule has 108 valence electrons. The van der Waals surface area contributed by atoms with E-state index in [9.17, 15) is 0 Å². The Morgan fingerprint density at radius 3 is 2.76 bits per heavy atom. The van der Waals surface area contributed by atoms with E-state index in [1.807, 2.05) is 6.07 Å². The van der Waals surface area contributed by atoms with E-state index in [0.29, 0.717) is 21.9 Å². The molecule has 4 heteroatoms. The first-order valence-electron chi connectivity index (χ1n) is 7.17. The van der Waals surface area contributed by atoms with Crippen molar-refractivity contribution in [2.75, 3.05) is 0 Å². The molecular weight excluding hydrogens is 325 g/mol. The van der Waals surface area contributed by atoms with Gasteiger partial charge in [0.25, 0.3) is 0 Å². The Hall–Kier alpha value is -0.760. The van der Waals surface area contributed by atoms with Gasteiger partial charge in [-0.2, -0.15) is 0 Å². The lowest BCUT2D eigenvalue weighted by atomic mass is 9.72. The molecule has 0 radical (unpaired) electrons. The molecular formula is C17H14Cl3N. The van der Waals surface area contributed by atoms with Crippen molar-refractivity contribution in [3.63, 3.8) is 0 Å². The molecule has 0 amide bonds. The van der Waals surface area contributed by atoms with Crippen LogP contribution in [-0.4, -0.2) is 4.98 Å². The molecule has 0 saturated heterocycles. The van der Waals surface area contributed by atoms with Crippen LogP contribution in [0.15, 0.2) is 23.8 Å². The van der Waals surface area contributed by atoms with E-state index in [1.54, 1.807) is 6.07 Å². The minimum absolute atomic E-state index is 0.376. The van der Waals surface area contributed by atoms with Crippen LogP contribution in [0.4, 0.5) is 0 Å². The fourth-order valence-corrected chi connectivity index (χ4v) is 4.68. The van der Waals surface area contributed by atoms with Crippen LogP contribution in [-0.2, 0) is 6.42 Å². The van der Waals surface area contributed by atoms with E-state index in [2.05, 4.69) is 13.0 Å². The molecule has 21 heavy (non-hydrogen) atoms. The van der Waals surface area contributed by atoms with Crippen LogP contribution in [0.5, 0.6) is 0 Å². The maximum absolute atomic E-state index is 6.67. The summed E-state index contributed by atoms with van der Waals surface area (Å²) in [6, 6.07) is 3.60. The molecule has 2 bridgehead atoms. The average Bonchev–Trinajstić information content (AvgIpc) is 2.41. The van der Waals surface area contributed by atoms with Gasteiger partial charge in [-0.1, -0.05) is 46.5 Å². The third kappa shape index (κ3) is 2.18. The topological polar surface area (TPSA) is 12.9 Å². The average molecular weight is 339 g/mol. The lowest BCUT2D eigenvalue weighted by Gasteiger charge is -2.34. The molecule has 2 aliphatic rings. The lowest BCUT2D eigenvalue weighted by molar-refractivity contribution is 0.403. The summed E-state index contributed by atoms with van der Waals surface area (Å²) < 4.78 is 0. The predicted octanol–water partition coefficient (Wildman–Crippen LogP) is 6.19. The Balaban J connectivity index is 2.04. The van der Waals surface area contributed by atoms with Gasteiger partial charge in [-0.05, 0) is 49.8 Å². The normalized spacial score (nSPS) is 23.9. The van der Waals surface area contributed by atoms with Crippen LogP contribution in [0.2, 0.25) is 15.1 Å². The van der Waals surface area contributed by atoms with Gasteiger partial charge in [0.1, 0.15) is 0 Å². The van der Waals surface area contributed by atoms with Crippen molar-refractivity contribution in [3.05, 3.63) is 50.1 Å². The van der Waals surface area contributed by atoms with Gasteiger partial charge in [-0.15, -0.1) is 0 Å². The predicted molar refractivity (Wildman–Crippen MR) is 89.7 cm³/mol. The zero-order chi connectivity index (χ0) is 14.7. The molecule has 1 heterocycles. The fraction of sp³-hybridized carbons (Fsp3) is 0.353. The number of hydrogen-bond acceptors (Lipinski definition) is 1.